The van der Waals surface area contributed by atoms with Gasteiger partial charge in [-0.05, 0) is 37.5 Å². The number of carbonyl (C=O) groups excluding carboxylic acids is 4. The van der Waals surface area contributed by atoms with E-state index in [-0.39, 0.29) is 25.7 Å². The minimum atomic E-state index is -4.95. The van der Waals surface area contributed by atoms with Crippen LogP contribution in [0.2, 0.25) is 0 Å². The maximum Gasteiger partial charge on any atom is 0.472 e. The van der Waals surface area contributed by atoms with E-state index in [2.05, 4.69) is 41.5 Å². The maximum atomic E-state index is 13.0. The van der Waals surface area contributed by atoms with Gasteiger partial charge in [-0.1, -0.05) is 305 Å². The molecule has 0 heterocycles. The van der Waals surface area contributed by atoms with Gasteiger partial charge in [-0.15, -0.1) is 0 Å². The molecule has 0 radical (unpaired) electrons. The molecule has 0 aromatic carbocycles. The number of rotatable bonds is 69. The highest BCUT2D eigenvalue weighted by Gasteiger charge is 2.30. The summed E-state index contributed by atoms with van der Waals surface area (Å²) in [5.74, 6) is -0.591. The maximum absolute atomic E-state index is 13.0. The van der Waals surface area contributed by atoms with Gasteiger partial charge >= 0.3 is 39.5 Å². The second-order valence-corrected chi connectivity index (χ2v) is 29.1. The molecule has 19 heteroatoms. The highest BCUT2D eigenvalue weighted by molar-refractivity contribution is 7.47. The van der Waals surface area contributed by atoms with Gasteiger partial charge in [-0.2, -0.15) is 0 Å². The van der Waals surface area contributed by atoms with Crippen molar-refractivity contribution >= 4 is 39.5 Å². The van der Waals surface area contributed by atoms with Crippen molar-refractivity contribution in [2.45, 2.75) is 374 Å². The van der Waals surface area contributed by atoms with Crippen molar-refractivity contribution < 1.29 is 80.2 Å². The van der Waals surface area contributed by atoms with Crippen LogP contribution in [-0.2, 0) is 65.4 Å². The number of esters is 4. The minimum absolute atomic E-state index is 0.105. The lowest BCUT2D eigenvalue weighted by molar-refractivity contribution is -0.161. The molecule has 0 fully saturated rings. The lowest BCUT2D eigenvalue weighted by Gasteiger charge is -2.21. The van der Waals surface area contributed by atoms with Crippen LogP contribution in [0.5, 0.6) is 0 Å². The molecule has 0 saturated carbocycles. The fraction of sp³-hybridized carbons (Fsp3) is 0.943. The van der Waals surface area contributed by atoms with Gasteiger partial charge < -0.3 is 33.8 Å². The highest BCUT2D eigenvalue weighted by atomic mass is 31.2. The van der Waals surface area contributed by atoms with Crippen LogP contribution in [0.4, 0.5) is 0 Å². The molecule has 0 bridgehead atoms. The molecular formula is C70H136O17P2. The van der Waals surface area contributed by atoms with Crippen LogP contribution in [0.3, 0.4) is 0 Å². The van der Waals surface area contributed by atoms with Crippen LogP contribution in [0.1, 0.15) is 356 Å². The molecular weight excluding hydrogens is 1170 g/mol. The average Bonchev–Trinajstić information content (AvgIpc) is 3.71. The lowest BCUT2D eigenvalue weighted by atomic mass is 10.0. The Morgan fingerprint density at radius 1 is 0.303 bits per heavy atom. The van der Waals surface area contributed by atoms with Crippen molar-refractivity contribution in [1.29, 1.82) is 0 Å². The second-order valence-electron chi connectivity index (χ2n) is 26.2. The van der Waals surface area contributed by atoms with Crippen molar-refractivity contribution in [3.05, 3.63) is 0 Å². The van der Waals surface area contributed by atoms with E-state index in [1.54, 1.807) is 0 Å². The number of aliphatic hydroxyl groups is 1. The number of phosphoric acid groups is 2. The third kappa shape index (κ3) is 64.6. The molecule has 0 amide bonds. The van der Waals surface area contributed by atoms with E-state index in [1.807, 2.05) is 0 Å². The van der Waals surface area contributed by atoms with Crippen LogP contribution < -0.4 is 0 Å². The van der Waals surface area contributed by atoms with Gasteiger partial charge in [0.25, 0.3) is 0 Å². The van der Waals surface area contributed by atoms with E-state index >= 15 is 0 Å². The second kappa shape index (κ2) is 62.2. The number of ether oxygens (including phenoxy) is 4. The Morgan fingerprint density at radius 3 is 0.764 bits per heavy atom. The Hall–Kier alpha value is -1.94. The fourth-order valence-electron chi connectivity index (χ4n) is 10.6. The van der Waals surface area contributed by atoms with Crippen LogP contribution in [0.25, 0.3) is 0 Å². The molecule has 17 nitrogen and oxygen atoms in total. The monoisotopic (exact) mass is 1310 g/mol. The molecule has 2 unspecified atom stereocenters. The first-order valence-electron chi connectivity index (χ1n) is 36.5. The number of unbranched alkanes of at least 4 members (excludes halogenated alkanes) is 39. The normalized spacial score (nSPS) is 14.1. The standard InChI is InChI=1S/C70H136O17P2/c1-7-9-11-13-14-15-16-17-18-19-25-30-35-41-47-53-68(73)81-59-66(87-70(75)54-48-42-36-31-26-21-20-23-28-33-39-44-50-62(3)4)61-85-89(78,79)83-57-64(71)56-82-88(76,77)84-60-65(58-80-67(72)52-46-38-12-10-8-2)86-69(74)55-49-43-37-32-27-22-24-29-34-40-45-51-63(5)6/h62-66,71H,7-61H2,1-6H3,(H,76,77)(H,78,79)/t64-,65+,66+/m0/s1. The van der Waals surface area contributed by atoms with Gasteiger partial charge in [-0.3, -0.25) is 37.3 Å². The van der Waals surface area contributed by atoms with E-state index in [1.165, 1.54) is 167 Å². The van der Waals surface area contributed by atoms with Crippen LogP contribution in [0, 0.1) is 11.8 Å². The first-order chi connectivity index (χ1) is 42.9. The summed E-state index contributed by atoms with van der Waals surface area (Å²) in [4.78, 5) is 72.3. The minimum Gasteiger partial charge on any atom is -0.462 e. The number of hydrogen-bond donors (Lipinski definition) is 3. The molecule has 0 saturated heterocycles. The van der Waals surface area contributed by atoms with E-state index in [9.17, 15) is 43.2 Å². The Labute approximate surface area is 543 Å². The van der Waals surface area contributed by atoms with Gasteiger partial charge in [0.1, 0.15) is 19.3 Å². The third-order valence-corrected chi connectivity index (χ3v) is 18.1. The largest absolute Gasteiger partial charge is 0.472 e. The molecule has 0 aliphatic rings. The molecule has 3 N–H and O–H groups in total. The number of phosphoric ester groups is 2. The first-order valence-corrected chi connectivity index (χ1v) is 39.5. The van der Waals surface area contributed by atoms with Crippen molar-refractivity contribution in [2.75, 3.05) is 39.6 Å². The third-order valence-electron chi connectivity index (χ3n) is 16.2. The zero-order valence-electron chi connectivity index (χ0n) is 57.7. The van der Waals surface area contributed by atoms with Crippen molar-refractivity contribution in [1.82, 2.24) is 0 Å². The molecule has 0 aromatic heterocycles. The summed E-state index contributed by atoms with van der Waals surface area (Å²) in [5, 5.41) is 10.6. The van der Waals surface area contributed by atoms with Gasteiger partial charge in [0.05, 0.1) is 26.4 Å². The molecule has 0 aliphatic heterocycles. The zero-order valence-corrected chi connectivity index (χ0v) is 59.5. The summed E-state index contributed by atoms with van der Waals surface area (Å²) >= 11 is 0. The van der Waals surface area contributed by atoms with Gasteiger partial charge in [-0.25, -0.2) is 9.13 Å². The first kappa shape index (κ1) is 87.1. The van der Waals surface area contributed by atoms with Gasteiger partial charge in [0.15, 0.2) is 12.2 Å². The van der Waals surface area contributed by atoms with E-state index in [4.69, 9.17) is 37.0 Å². The van der Waals surface area contributed by atoms with Crippen LogP contribution in [0.15, 0.2) is 0 Å². The van der Waals surface area contributed by atoms with E-state index in [0.29, 0.717) is 25.7 Å². The summed E-state index contributed by atoms with van der Waals surface area (Å²) < 4.78 is 68.1. The van der Waals surface area contributed by atoms with Gasteiger partial charge in [0.2, 0.25) is 0 Å². The summed E-state index contributed by atoms with van der Waals surface area (Å²) in [7, 11) is -9.89. The Balaban J connectivity index is 5.16. The average molecular weight is 1310 g/mol. The molecule has 0 aliphatic carbocycles. The zero-order chi connectivity index (χ0) is 65.7. The molecule has 0 spiro atoms. The molecule has 0 aromatic rings. The predicted molar refractivity (Wildman–Crippen MR) is 358 cm³/mol. The Morgan fingerprint density at radius 2 is 0.517 bits per heavy atom. The number of carbonyl (C=O) groups is 4. The molecule has 0 rings (SSSR count). The van der Waals surface area contributed by atoms with E-state index in [0.717, 1.165) is 108 Å². The lowest BCUT2D eigenvalue weighted by Crippen LogP contribution is -2.30. The molecule has 528 valence electrons. The topological polar surface area (TPSA) is 237 Å². The Kier molecular flexibility index (Phi) is 60.8. The van der Waals surface area contributed by atoms with Crippen molar-refractivity contribution in [3.8, 4) is 0 Å². The predicted octanol–water partition coefficient (Wildman–Crippen LogP) is 20.0. The molecule has 89 heavy (non-hydrogen) atoms. The summed E-state index contributed by atoms with van der Waals surface area (Å²) in [6.07, 6.45) is 47.5. The van der Waals surface area contributed by atoms with E-state index < -0.39 is 97.5 Å². The number of hydrogen-bond acceptors (Lipinski definition) is 15. The Bertz CT molecular complexity index is 1730. The van der Waals surface area contributed by atoms with Crippen LogP contribution >= 0.6 is 15.6 Å². The van der Waals surface area contributed by atoms with Crippen molar-refractivity contribution in [2.24, 2.45) is 11.8 Å². The summed E-state index contributed by atoms with van der Waals surface area (Å²) in [6, 6.07) is 0. The van der Waals surface area contributed by atoms with Crippen molar-refractivity contribution in [3.63, 3.8) is 0 Å². The quantitative estimate of drug-likeness (QED) is 0.0222. The smallest absolute Gasteiger partial charge is 0.462 e. The molecule has 5 atom stereocenters. The SMILES string of the molecule is CCCCCCCCCCCCCCCCCC(=O)OC[C@H](COP(=O)(O)OC[C@@H](O)COP(=O)(O)OC[C@@H](COC(=O)CCCCCCC)OC(=O)CCCCCCCCCCCCCC(C)C)OC(=O)CCCCCCCCCCCCCCC(C)C. The van der Waals surface area contributed by atoms with Gasteiger partial charge in [0, 0.05) is 25.7 Å². The summed E-state index contributed by atoms with van der Waals surface area (Å²) in [6.45, 7) is 9.48. The fourth-order valence-corrected chi connectivity index (χ4v) is 12.2. The number of aliphatic hydroxyl groups excluding tert-OH is 1. The summed E-state index contributed by atoms with van der Waals surface area (Å²) in [5.41, 5.74) is 0. The highest BCUT2D eigenvalue weighted by Crippen LogP contribution is 2.45. The van der Waals surface area contributed by atoms with Crippen LogP contribution in [-0.4, -0.2) is 96.7 Å².